The van der Waals surface area contributed by atoms with Crippen LogP contribution in [-0.4, -0.2) is 24.2 Å². The highest BCUT2D eigenvalue weighted by atomic mass is 16.4. The number of carbonyl (C=O) groups is 1. The van der Waals surface area contributed by atoms with Crippen molar-refractivity contribution in [3.63, 3.8) is 0 Å². The average molecular weight is 322 g/mol. The van der Waals surface area contributed by atoms with Gasteiger partial charge in [0.05, 0.1) is 6.57 Å². The summed E-state index contributed by atoms with van der Waals surface area (Å²) in [6.07, 6.45) is 5.02. The van der Waals surface area contributed by atoms with Crippen molar-refractivity contribution in [3.8, 4) is 11.3 Å². The van der Waals surface area contributed by atoms with Crippen LogP contribution in [0.3, 0.4) is 0 Å². The van der Waals surface area contributed by atoms with Crippen LogP contribution >= 0.6 is 0 Å². The van der Waals surface area contributed by atoms with Gasteiger partial charge in [0, 0.05) is 24.3 Å². The van der Waals surface area contributed by atoms with E-state index in [1.54, 1.807) is 12.1 Å². The second-order valence-electron chi connectivity index (χ2n) is 5.74. The van der Waals surface area contributed by atoms with Crippen LogP contribution in [0.25, 0.3) is 22.2 Å². The van der Waals surface area contributed by atoms with Crippen LogP contribution in [-0.2, 0) is 4.79 Å². The summed E-state index contributed by atoms with van der Waals surface area (Å²) in [6.45, 7) is 9.06. The summed E-state index contributed by atoms with van der Waals surface area (Å²) in [5.74, 6) is -0.242. The van der Waals surface area contributed by atoms with E-state index in [-0.39, 0.29) is 5.70 Å². The smallest absolute Gasteiger partial charge is 0.333 e. The number of carboxylic acid groups (broad SMARTS) is 1. The minimum atomic E-state index is -1.26. The summed E-state index contributed by atoms with van der Waals surface area (Å²) in [6, 6.07) is 11.6. The number of benzene rings is 1. The largest absolute Gasteiger partial charge is 0.486 e. The van der Waals surface area contributed by atoms with E-state index in [9.17, 15) is 4.79 Å². The van der Waals surface area contributed by atoms with Gasteiger partial charge in [-0.05, 0) is 61.7 Å². The summed E-state index contributed by atoms with van der Waals surface area (Å²) in [7, 11) is 0. The highest BCUT2D eigenvalue weighted by Gasteiger charge is 2.12. The Morgan fingerprint density at radius 2 is 1.83 bits per heavy atom. The number of aliphatic carboxylic acids is 1. The number of hydrogen-bond donors (Lipinski definition) is 1. The summed E-state index contributed by atoms with van der Waals surface area (Å²) < 4.78 is 5.64. The molecule has 1 saturated heterocycles. The van der Waals surface area contributed by atoms with Gasteiger partial charge >= 0.3 is 5.97 Å². The second-order valence-corrected chi connectivity index (χ2v) is 5.74. The third kappa shape index (κ3) is 3.49. The normalized spacial score (nSPS) is 15.1. The van der Waals surface area contributed by atoms with Gasteiger partial charge < -0.3 is 14.4 Å². The molecule has 0 spiro atoms. The lowest BCUT2D eigenvalue weighted by Crippen LogP contribution is -2.29. The van der Waals surface area contributed by atoms with Crippen LogP contribution in [0.15, 0.2) is 46.5 Å². The number of rotatable bonds is 4. The fourth-order valence-corrected chi connectivity index (χ4v) is 2.85. The molecule has 0 aliphatic carbocycles. The fraction of sp³-hybridized carbons (Fsp3) is 0.263. The summed E-state index contributed by atoms with van der Waals surface area (Å²) in [4.78, 5) is 16.2. The maximum atomic E-state index is 10.9. The van der Waals surface area contributed by atoms with Crippen molar-refractivity contribution < 1.29 is 14.3 Å². The quantitative estimate of drug-likeness (QED) is 0.674. The minimum absolute atomic E-state index is 0.360. The van der Waals surface area contributed by atoms with Gasteiger partial charge in [0.2, 0.25) is 0 Å². The van der Waals surface area contributed by atoms with Crippen molar-refractivity contribution in [2.45, 2.75) is 19.3 Å². The van der Waals surface area contributed by atoms with Crippen LogP contribution in [0.1, 0.15) is 25.0 Å². The van der Waals surface area contributed by atoms with Crippen molar-refractivity contribution in [1.29, 1.82) is 0 Å². The van der Waals surface area contributed by atoms with E-state index < -0.39 is 5.97 Å². The highest BCUT2D eigenvalue weighted by Crippen LogP contribution is 2.27. The number of nitrogens with zero attached hydrogens (tertiary/aromatic N) is 2. The molecule has 3 rings (SSSR count). The predicted octanol–water partition coefficient (Wildman–Crippen LogP) is 4.28. The van der Waals surface area contributed by atoms with Crippen LogP contribution in [0.2, 0.25) is 0 Å². The van der Waals surface area contributed by atoms with Crippen molar-refractivity contribution >= 4 is 17.7 Å². The highest BCUT2D eigenvalue weighted by molar-refractivity contribution is 5.93. The van der Waals surface area contributed by atoms with Crippen LogP contribution in [0.5, 0.6) is 0 Å². The summed E-state index contributed by atoms with van der Waals surface area (Å²) in [5.41, 5.74) is 1.78. The van der Waals surface area contributed by atoms with Gasteiger partial charge in [-0.2, -0.15) is 0 Å². The first-order valence-electron chi connectivity index (χ1n) is 7.95. The van der Waals surface area contributed by atoms with E-state index in [4.69, 9.17) is 16.1 Å². The maximum absolute atomic E-state index is 10.9. The molecule has 1 fully saturated rings. The molecule has 0 atom stereocenters. The Balaban J connectivity index is 1.78. The Morgan fingerprint density at radius 3 is 2.46 bits per heavy atom. The zero-order chi connectivity index (χ0) is 16.9. The lowest BCUT2D eigenvalue weighted by atomic mass is 10.1. The Kier molecular flexibility index (Phi) is 4.66. The first-order valence-corrected chi connectivity index (χ1v) is 7.95. The minimum Gasteiger partial charge on any atom is -0.486 e. The number of carboxylic acids is 1. The van der Waals surface area contributed by atoms with Crippen molar-refractivity contribution in [2.24, 2.45) is 0 Å². The molecule has 1 aliphatic rings. The molecule has 1 aromatic carbocycles. The van der Waals surface area contributed by atoms with Gasteiger partial charge in [0.25, 0.3) is 5.70 Å². The molecule has 0 radical (unpaired) electrons. The number of furan rings is 1. The molecule has 2 heterocycles. The van der Waals surface area contributed by atoms with Crippen molar-refractivity contribution in [1.82, 2.24) is 0 Å². The van der Waals surface area contributed by atoms with Gasteiger partial charge in [0.1, 0.15) is 11.5 Å². The van der Waals surface area contributed by atoms with E-state index in [0.29, 0.717) is 11.5 Å². The third-order valence-corrected chi connectivity index (χ3v) is 4.12. The number of piperidine rings is 1. The summed E-state index contributed by atoms with van der Waals surface area (Å²) in [5, 5.41) is 8.88. The fourth-order valence-electron chi connectivity index (χ4n) is 2.85. The lowest BCUT2D eigenvalue weighted by molar-refractivity contribution is -0.132. The van der Waals surface area contributed by atoms with Crippen LogP contribution < -0.4 is 4.90 Å². The molecule has 1 aliphatic heterocycles. The Morgan fingerprint density at radius 1 is 1.12 bits per heavy atom. The van der Waals surface area contributed by atoms with E-state index in [2.05, 4.69) is 21.9 Å². The molecule has 1 N–H and O–H groups in total. The van der Waals surface area contributed by atoms with Gasteiger partial charge in [-0.1, -0.05) is 0 Å². The second kappa shape index (κ2) is 7.05. The molecule has 5 heteroatoms. The maximum Gasteiger partial charge on any atom is 0.333 e. The molecular formula is C19H18N2O3. The SMILES string of the molecule is [C-]#[N+]/C(=C\c1ccc(-c2ccc(N3CCCCC3)cc2)o1)C(=O)O. The van der Waals surface area contributed by atoms with E-state index in [1.165, 1.54) is 31.0 Å². The van der Waals surface area contributed by atoms with E-state index >= 15 is 0 Å². The standard InChI is InChI=1S/C19H18N2O3/c1-20-17(19(22)23)13-16-9-10-18(24-16)14-5-7-15(8-6-14)21-11-3-2-4-12-21/h5-10,13H,2-4,11-12H2,(H,22,23)/b17-13-. The van der Waals surface area contributed by atoms with Gasteiger partial charge in [0.15, 0.2) is 0 Å². The van der Waals surface area contributed by atoms with Crippen molar-refractivity contribution in [3.05, 3.63) is 59.3 Å². The van der Waals surface area contributed by atoms with Crippen molar-refractivity contribution in [2.75, 3.05) is 18.0 Å². The van der Waals surface area contributed by atoms with Gasteiger partial charge in [-0.3, -0.25) is 4.79 Å². The third-order valence-electron chi connectivity index (χ3n) is 4.12. The molecular weight excluding hydrogens is 304 g/mol. The first kappa shape index (κ1) is 15.9. The molecule has 0 saturated carbocycles. The van der Waals surface area contributed by atoms with Gasteiger partial charge in [-0.25, -0.2) is 4.85 Å². The summed E-state index contributed by atoms with van der Waals surface area (Å²) >= 11 is 0. The molecule has 0 amide bonds. The van der Waals surface area contributed by atoms with Crippen LogP contribution in [0.4, 0.5) is 5.69 Å². The van der Waals surface area contributed by atoms with E-state index in [0.717, 1.165) is 18.7 Å². The number of hydrogen-bond acceptors (Lipinski definition) is 3. The monoisotopic (exact) mass is 322 g/mol. The molecule has 122 valence electrons. The first-order chi connectivity index (χ1) is 11.7. The molecule has 5 nitrogen and oxygen atoms in total. The Hall–Kier alpha value is -3.00. The predicted molar refractivity (Wildman–Crippen MR) is 92.4 cm³/mol. The zero-order valence-corrected chi connectivity index (χ0v) is 13.2. The lowest BCUT2D eigenvalue weighted by Gasteiger charge is -2.28. The molecule has 1 aromatic heterocycles. The number of anilines is 1. The van der Waals surface area contributed by atoms with Gasteiger partial charge in [-0.15, -0.1) is 0 Å². The average Bonchev–Trinajstić information content (AvgIpc) is 3.09. The molecule has 2 aromatic rings. The Bertz CT molecular complexity index is 791. The van der Waals surface area contributed by atoms with E-state index in [1.807, 2.05) is 12.1 Å². The molecule has 24 heavy (non-hydrogen) atoms. The van der Waals surface area contributed by atoms with Crippen LogP contribution in [0, 0.1) is 6.57 Å². The molecule has 0 unspecified atom stereocenters. The topological polar surface area (TPSA) is 58.0 Å². The zero-order valence-electron chi connectivity index (χ0n) is 13.2. The molecule has 0 bridgehead atoms. The Labute approximate surface area is 140 Å².